The van der Waals surface area contributed by atoms with Gasteiger partial charge in [0, 0.05) is 28.5 Å². The molecule has 0 saturated carbocycles. The average molecular weight is 442 g/mol. The van der Waals surface area contributed by atoms with E-state index in [2.05, 4.69) is 10.3 Å². The molecular weight excluding hydrogens is 420 g/mol. The molecule has 0 spiro atoms. The Labute approximate surface area is 191 Å². The molecule has 3 aromatic rings. The number of hydrogen-bond acceptors (Lipinski definition) is 6. The maximum atomic E-state index is 12.4. The van der Waals surface area contributed by atoms with Crippen LogP contribution in [-0.4, -0.2) is 28.9 Å². The average Bonchev–Trinajstić information content (AvgIpc) is 2.77. The third-order valence-corrected chi connectivity index (χ3v) is 4.58. The van der Waals surface area contributed by atoms with E-state index in [1.165, 1.54) is 18.3 Å². The van der Waals surface area contributed by atoms with Crippen LogP contribution in [0.25, 0.3) is 22.4 Å². The van der Waals surface area contributed by atoms with Crippen molar-refractivity contribution in [1.82, 2.24) is 4.98 Å². The maximum absolute atomic E-state index is 12.4. The lowest BCUT2D eigenvalue weighted by Crippen LogP contribution is -2.27. The molecule has 2 amide bonds. The van der Waals surface area contributed by atoms with Crippen LogP contribution < -0.4 is 11.1 Å². The van der Waals surface area contributed by atoms with E-state index in [4.69, 9.17) is 10.5 Å². The topological polar surface area (TPSA) is 135 Å². The lowest BCUT2D eigenvalue weighted by Gasteiger charge is -2.21. The van der Waals surface area contributed by atoms with E-state index < -0.39 is 17.6 Å². The van der Waals surface area contributed by atoms with Gasteiger partial charge in [0.05, 0.1) is 16.9 Å². The molecule has 8 nitrogen and oxygen atoms in total. The summed E-state index contributed by atoms with van der Waals surface area (Å²) < 4.78 is 5.34. The number of nitrogens with zero attached hydrogens (tertiary/aromatic N) is 2. The molecule has 0 unspecified atom stereocenters. The molecule has 1 aromatic heterocycles. The number of hydrogen-bond donors (Lipinski definition) is 2. The third-order valence-electron chi connectivity index (χ3n) is 4.58. The number of rotatable bonds is 5. The second-order valence-electron chi connectivity index (χ2n) is 8.19. The summed E-state index contributed by atoms with van der Waals surface area (Å²) >= 11 is 0. The fraction of sp³-hybridized carbons (Fsp3) is 0.160. The van der Waals surface area contributed by atoms with Gasteiger partial charge in [0.1, 0.15) is 11.7 Å². The molecule has 166 valence electrons. The van der Waals surface area contributed by atoms with Gasteiger partial charge in [0.2, 0.25) is 5.91 Å². The zero-order valence-corrected chi connectivity index (χ0v) is 18.4. The van der Waals surface area contributed by atoms with E-state index in [9.17, 15) is 19.6 Å². The number of carbonyl (C=O) groups is 3. The highest BCUT2D eigenvalue weighted by molar-refractivity contribution is 6.03. The normalized spacial score (nSPS) is 10.7. The number of amides is 2. The zero-order valence-electron chi connectivity index (χ0n) is 18.4. The lowest BCUT2D eigenvalue weighted by molar-refractivity contribution is 0.0635. The first-order chi connectivity index (χ1) is 15.6. The van der Waals surface area contributed by atoms with Crippen molar-refractivity contribution in [3.05, 3.63) is 71.4 Å². The van der Waals surface area contributed by atoms with Crippen molar-refractivity contribution in [3.8, 4) is 28.5 Å². The van der Waals surface area contributed by atoms with Crippen LogP contribution in [-0.2, 0) is 4.74 Å². The smallest absolute Gasteiger partial charge is 0.412 e. The number of pyridine rings is 1. The monoisotopic (exact) mass is 442 g/mol. The number of para-hydroxylation sites is 1. The van der Waals surface area contributed by atoms with E-state index in [0.717, 1.165) is 0 Å². The zero-order chi connectivity index (χ0) is 24.2. The molecule has 0 aliphatic carbocycles. The van der Waals surface area contributed by atoms with Crippen LogP contribution in [0.4, 0.5) is 10.5 Å². The molecule has 1 heterocycles. The van der Waals surface area contributed by atoms with E-state index in [1.807, 2.05) is 6.07 Å². The number of aromatic nitrogens is 1. The van der Waals surface area contributed by atoms with Crippen LogP contribution in [0.15, 0.2) is 54.7 Å². The van der Waals surface area contributed by atoms with E-state index >= 15 is 0 Å². The number of nitrogens with two attached hydrogens (primary N) is 1. The highest BCUT2D eigenvalue weighted by atomic mass is 16.6. The number of benzene rings is 2. The molecule has 33 heavy (non-hydrogen) atoms. The van der Waals surface area contributed by atoms with Crippen LogP contribution in [0.1, 0.15) is 47.1 Å². The SMILES string of the molecule is CC(C)(C)OC(=O)Nc1ccccc1-c1cc(-c2ncc(C=O)cc2C#N)ccc1C(N)=O. The fourth-order valence-corrected chi connectivity index (χ4v) is 3.23. The van der Waals surface area contributed by atoms with Gasteiger partial charge in [-0.1, -0.05) is 24.3 Å². The van der Waals surface area contributed by atoms with E-state index in [-0.39, 0.29) is 16.7 Å². The highest BCUT2D eigenvalue weighted by Gasteiger charge is 2.20. The number of nitriles is 1. The van der Waals surface area contributed by atoms with Crippen molar-refractivity contribution in [2.75, 3.05) is 5.32 Å². The quantitative estimate of drug-likeness (QED) is 0.557. The fourth-order valence-electron chi connectivity index (χ4n) is 3.23. The number of ether oxygens (including phenoxy) is 1. The summed E-state index contributed by atoms with van der Waals surface area (Å²) in [6.45, 7) is 5.26. The van der Waals surface area contributed by atoms with Gasteiger partial charge in [-0.2, -0.15) is 5.26 Å². The highest BCUT2D eigenvalue weighted by Crippen LogP contribution is 2.34. The number of anilines is 1. The first-order valence-corrected chi connectivity index (χ1v) is 10.0. The van der Waals surface area contributed by atoms with Crippen molar-refractivity contribution in [3.63, 3.8) is 0 Å². The van der Waals surface area contributed by atoms with Crippen LogP contribution in [0, 0.1) is 11.3 Å². The molecule has 0 saturated heterocycles. The summed E-state index contributed by atoms with van der Waals surface area (Å²) in [6, 6.07) is 15.2. The summed E-state index contributed by atoms with van der Waals surface area (Å²) in [6.07, 6.45) is 1.32. The molecule has 2 aromatic carbocycles. The number of aldehydes is 1. The van der Waals surface area contributed by atoms with Gasteiger partial charge in [0.25, 0.3) is 0 Å². The molecule has 8 heteroatoms. The molecular formula is C25H22N4O4. The lowest BCUT2D eigenvalue weighted by atomic mass is 9.93. The summed E-state index contributed by atoms with van der Waals surface area (Å²) in [4.78, 5) is 39.8. The molecule has 0 aliphatic rings. The molecule has 0 radical (unpaired) electrons. The Morgan fingerprint density at radius 1 is 1.12 bits per heavy atom. The largest absolute Gasteiger partial charge is 0.444 e. The van der Waals surface area contributed by atoms with Gasteiger partial charge < -0.3 is 10.5 Å². The minimum atomic E-state index is -0.690. The van der Waals surface area contributed by atoms with Crippen molar-refractivity contribution in [1.29, 1.82) is 5.26 Å². The Kier molecular flexibility index (Phi) is 6.54. The number of nitrogens with one attached hydrogen (secondary N) is 1. The second kappa shape index (κ2) is 9.32. The molecule has 0 aliphatic heterocycles. The predicted molar refractivity (Wildman–Crippen MR) is 124 cm³/mol. The van der Waals surface area contributed by atoms with E-state index in [0.29, 0.717) is 34.4 Å². The Balaban J connectivity index is 2.15. The van der Waals surface area contributed by atoms with Gasteiger partial charge in [-0.3, -0.25) is 19.9 Å². The molecule has 0 atom stereocenters. The molecule has 3 rings (SSSR count). The van der Waals surface area contributed by atoms with Gasteiger partial charge in [-0.25, -0.2) is 4.79 Å². The van der Waals surface area contributed by atoms with Gasteiger partial charge >= 0.3 is 6.09 Å². The van der Waals surface area contributed by atoms with Gasteiger partial charge in [0.15, 0.2) is 6.29 Å². The minimum Gasteiger partial charge on any atom is -0.444 e. The van der Waals surface area contributed by atoms with Gasteiger partial charge in [-0.15, -0.1) is 0 Å². The molecule has 0 fully saturated rings. The molecule has 0 bridgehead atoms. The summed E-state index contributed by atoms with van der Waals surface area (Å²) in [5, 5.41) is 12.2. The van der Waals surface area contributed by atoms with Crippen molar-refractivity contribution in [2.45, 2.75) is 26.4 Å². The van der Waals surface area contributed by atoms with Crippen molar-refractivity contribution in [2.24, 2.45) is 5.73 Å². The minimum absolute atomic E-state index is 0.206. The van der Waals surface area contributed by atoms with Gasteiger partial charge in [-0.05, 0) is 50.6 Å². The first kappa shape index (κ1) is 23.2. The summed E-state index contributed by atoms with van der Waals surface area (Å²) in [5.41, 5.74) is 7.89. The van der Waals surface area contributed by atoms with Crippen LogP contribution in [0.3, 0.4) is 0 Å². The van der Waals surface area contributed by atoms with E-state index in [1.54, 1.807) is 57.2 Å². The van der Waals surface area contributed by atoms with Crippen LogP contribution in [0.2, 0.25) is 0 Å². The Hall–Kier alpha value is -4.51. The Morgan fingerprint density at radius 3 is 2.48 bits per heavy atom. The third kappa shape index (κ3) is 5.40. The summed E-state index contributed by atoms with van der Waals surface area (Å²) in [7, 11) is 0. The maximum Gasteiger partial charge on any atom is 0.412 e. The molecule has 3 N–H and O–H groups in total. The second-order valence-corrected chi connectivity index (χ2v) is 8.19. The first-order valence-electron chi connectivity index (χ1n) is 10.0. The number of primary amides is 1. The van der Waals surface area contributed by atoms with Crippen molar-refractivity contribution < 1.29 is 19.1 Å². The number of carbonyl (C=O) groups excluding carboxylic acids is 3. The van der Waals surface area contributed by atoms with Crippen molar-refractivity contribution >= 4 is 24.0 Å². The Bertz CT molecular complexity index is 1290. The predicted octanol–water partition coefficient (Wildman–Crippen LogP) is 4.55. The summed E-state index contributed by atoms with van der Waals surface area (Å²) in [5.74, 6) is -0.659. The van der Waals surface area contributed by atoms with Crippen LogP contribution in [0.5, 0.6) is 0 Å². The standard InChI is InChI=1S/C25H22N4O4/c1-25(2,3)33-24(32)29-21-7-5-4-6-18(21)20-11-16(8-9-19(20)23(27)31)22-17(12-26)10-15(14-30)13-28-22/h4-11,13-14H,1-3H3,(H2,27,31)(H,29,32). The Morgan fingerprint density at radius 2 is 1.85 bits per heavy atom. The van der Waals surface area contributed by atoms with Crippen LogP contribution >= 0.6 is 0 Å².